The summed E-state index contributed by atoms with van der Waals surface area (Å²) in [7, 11) is 3.41. The van der Waals surface area contributed by atoms with E-state index in [1.165, 1.54) is 84.5 Å². The fourth-order valence-corrected chi connectivity index (χ4v) is 8.38. The monoisotopic (exact) mass is 858 g/mol. The van der Waals surface area contributed by atoms with Crippen molar-refractivity contribution in [3.05, 3.63) is 72.1 Å². The van der Waals surface area contributed by atoms with Crippen LogP contribution < -0.4 is 10.6 Å². The van der Waals surface area contributed by atoms with Crippen LogP contribution in [0, 0.1) is 0 Å². The number of nitrogens with one attached hydrogen (secondary N) is 4. The van der Waals surface area contributed by atoms with Crippen molar-refractivity contribution in [1.82, 2.24) is 40.4 Å². The van der Waals surface area contributed by atoms with E-state index in [-0.39, 0.29) is 24.9 Å². The molecule has 0 spiro atoms. The Bertz CT molecular complexity index is 2130. The molecule has 6 aromatic rings. The lowest BCUT2D eigenvalue weighted by molar-refractivity contribution is -0.131. The molecule has 60 heavy (non-hydrogen) atoms. The molecule has 2 fully saturated rings. The molecule has 4 N–H and O–H groups in total. The first-order chi connectivity index (χ1) is 29.1. The van der Waals surface area contributed by atoms with E-state index in [1.807, 2.05) is 28.9 Å². The summed E-state index contributed by atoms with van der Waals surface area (Å²) >= 11 is 3.63. The Morgan fingerprint density at radius 2 is 1.37 bits per heavy atom. The zero-order valence-electron chi connectivity index (χ0n) is 36.1. The van der Waals surface area contributed by atoms with Gasteiger partial charge in [0.05, 0.1) is 65.2 Å². The number of aromatic nitrogens is 4. The highest BCUT2D eigenvalue weighted by atomic mass is 32.1. The van der Waals surface area contributed by atoms with Crippen LogP contribution in [0.3, 0.4) is 0 Å². The summed E-state index contributed by atoms with van der Waals surface area (Å²) < 4.78 is 6.83. The van der Waals surface area contributed by atoms with Crippen LogP contribution in [0.4, 0.5) is 4.79 Å². The number of carbonyl (C=O) groups is 4. The predicted octanol–water partition coefficient (Wildman–Crippen LogP) is 9.39. The van der Waals surface area contributed by atoms with Gasteiger partial charge in [0.25, 0.3) is 0 Å². The molecule has 15 heteroatoms. The molecule has 0 radical (unpaired) electrons. The van der Waals surface area contributed by atoms with Crippen LogP contribution in [-0.4, -0.2) is 107 Å². The van der Waals surface area contributed by atoms with Gasteiger partial charge < -0.3 is 39.9 Å². The van der Waals surface area contributed by atoms with Gasteiger partial charge >= 0.3 is 6.09 Å². The van der Waals surface area contributed by atoms with E-state index in [0.717, 1.165) is 48.2 Å². The lowest BCUT2D eigenvalue weighted by Crippen LogP contribution is -2.37. The third-order valence-corrected chi connectivity index (χ3v) is 11.0. The molecular formula is C45H62N8O5S2. The number of fused-ring (bicyclic) bond motifs is 2. The van der Waals surface area contributed by atoms with Crippen LogP contribution in [0.2, 0.25) is 0 Å². The fraction of sp³-hybridized carbons (Fsp3) is 0.422. The SMILES string of the molecule is CC(=O)NCC(=O)N1CCCC1.CCC.CCC.CN1CCCC1.COC(=O)NCC=O.c1ncc(-c2ccc(-c3csc4c(-c5ccc6nc[nH]c6c5)csc34)cc2)[nH]1. The first kappa shape index (κ1) is 49.0. The maximum absolute atomic E-state index is 11.3. The van der Waals surface area contributed by atoms with E-state index in [1.54, 1.807) is 17.6 Å². The van der Waals surface area contributed by atoms with Crippen molar-refractivity contribution in [1.29, 1.82) is 0 Å². The molecule has 13 nitrogen and oxygen atoms in total. The smallest absolute Gasteiger partial charge is 0.407 e. The molecule has 4 aromatic heterocycles. The maximum atomic E-state index is 11.3. The largest absolute Gasteiger partial charge is 0.453 e. The summed E-state index contributed by atoms with van der Waals surface area (Å²) in [5.74, 6) is -0.120. The molecule has 2 aliphatic heterocycles. The summed E-state index contributed by atoms with van der Waals surface area (Å²) in [4.78, 5) is 60.3. The number of methoxy groups -OCH3 is 1. The third kappa shape index (κ3) is 16.0. The number of thiophene rings is 2. The Balaban J connectivity index is 0.000000248. The molecule has 2 aliphatic rings. The minimum atomic E-state index is -0.586. The van der Waals surface area contributed by atoms with Gasteiger partial charge in [0.2, 0.25) is 11.8 Å². The van der Waals surface area contributed by atoms with Gasteiger partial charge in [-0.2, -0.15) is 0 Å². The van der Waals surface area contributed by atoms with Gasteiger partial charge in [0.15, 0.2) is 0 Å². The Morgan fingerprint density at radius 3 is 1.88 bits per heavy atom. The molecule has 324 valence electrons. The first-order valence-corrected chi connectivity index (χ1v) is 22.3. The molecule has 0 unspecified atom stereocenters. The van der Waals surface area contributed by atoms with Crippen molar-refractivity contribution < 1.29 is 23.9 Å². The minimum absolute atomic E-state index is 0.00662. The zero-order chi connectivity index (χ0) is 43.7. The van der Waals surface area contributed by atoms with E-state index < -0.39 is 6.09 Å². The Morgan fingerprint density at radius 1 is 0.800 bits per heavy atom. The fourth-order valence-electron chi connectivity index (χ4n) is 5.92. The lowest BCUT2D eigenvalue weighted by Gasteiger charge is -2.14. The second kappa shape index (κ2) is 27.4. The highest BCUT2D eigenvalue weighted by Gasteiger charge is 2.17. The molecule has 8 rings (SSSR count). The van der Waals surface area contributed by atoms with Crippen LogP contribution in [0.25, 0.3) is 53.9 Å². The first-order valence-electron chi connectivity index (χ1n) is 20.6. The van der Waals surface area contributed by atoms with Crippen LogP contribution in [0.5, 0.6) is 0 Å². The predicted molar refractivity (Wildman–Crippen MR) is 247 cm³/mol. The average Bonchev–Trinajstić information content (AvgIpc) is 4.11. The van der Waals surface area contributed by atoms with Crippen LogP contribution >= 0.6 is 22.7 Å². The zero-order valence-corrected chi connectivity index (χ0v) is 37.8. The number of benzene rings is 2. The number of aromatic amines is 2. The number of alkyl carbamates (subject to hydrolysis) is 1. The van der Waals surface area contributed by atoms with Gasteiger partial charge in [-0.15, -0.1) is 22.7 Å². The molecule has 3 amide bonds. The van der Waals surface area contributed by atoms with Gasteiger partial charge in [-0.3, -0.25) is 9.59 Å². The number of H-pyrrole nitrogens is 2. The van der Waals surface area contributed by atoms with Crippen molar-refractivity contribution in [3.63, 3.8) is 0 Å². The molecule has 0 atom stereocenters. The van der Waals surface area contributed by atoms with Gasteiger partial charge in [-0.25, -0.2) is 14.8 Å². The maximum Gasteiger partial charge on any atom is 0.407 e. The van der Waals surface area contributed by atoms with Gasteiger partial charge in [-0.1, -0.05) is 70.9 Å². The standard InChI is InChI=1S/C22H14N4S2.C8H14N2O2.C5H11N.C4H7NO3.2C3H8/c1-3-14(20-8-23-11-24-20)4-2-13(1)16-9-27-22-17(10-28-21(16)22)15-5-6-18-19(7-15)26-12-25-18;1-7(11)9-6-8(12)10-4-2-3-5-10;1-6-4-2-3-5-6;1-8-4(7)5-2-3-6;2*1-3-2/h1-12H,(H,23,24)(H,25,26);2-6H2,1H3,(H,9,11);2-5H2,1H3;3H,2H2,1H3,(H,5,7);2*3H2,1-2H3. The quantitative estimate of drug-likeness (QED) is 0.115. The number of rotatable bonds is 7. The number of amides is 3. The van der Waals surface area contributed by atoms with Crippen molar-refractivity contribution in [3.8, 4) is 33.5 Å². The van der Waals surface area contributed by atoms with E-state index in [2.05, 4.69) is 128 Å². The third-order valence-electron chi connectivity index (χ3n) is 8.81. The van der Waals surface area contributed by atoms with E-state index in [0.29, 0.717) is 6.29 Å². The number of aldehydes is 1. The molecule has 0 aliphatic carbocycles. The normalized spacial score (nSPS) is 12.8. The Kier molecular flexibility index (Phi) is 22.4. The van der Waals surface area contributed by atoms with Gasteiger partial charge in [0, 0.05) is 41.9 Å². The molecule has 0 bridgehead atoms. The second-order valence-electron chi connectivity index (χ2n) is 14.1. The van der Waals surface area contributed by atoms with Crippen LogP contribution in [0.1, 0.15) is 73.1 Å². The lowest BCUT2D eigenvalue weighted by atomic mass is 10.0. The highest BCUT2D eigenvalue weighted by molar-refractivity contribution is 7.27. The van der Waals surface area contributed by atoms with Crippen LogP contribution in [0.15, 0.2) is 72.1 Å². The highest BCUT2D eigenvalue weighted by Crippen LogP contribution is 2.44. The van der Waals surface area contributed by atoms with Crippen LogP contribution in [-0.2, 0) is 19.1 Å². The van der Waals surface area contributed by atoms with Crippen molar-refractivity contribution in [2.75, 3.05) is 53.4 Å². The minimum Gasteiger partial charge on any atom is -0.453 e. The summed E-state index contributed by atoms with van der Waals surface area (Å²) in [6.45, 7) is 14.4. The topological polar surface area (TPSA) is 165 Å². The van der Waals surface area contributed by atoms with Gasteiger partial charge in [0.1, 0.15) is 6.29 Å². The molecule has 0 saturated carbocycles. The number of hydrogen-bond donors (Lipinski definition) is 4. The number of imidazole rings is 2. The second-order valence-corrected chi connectivity index (χ2v) is 15.9. The van der Waals surface area contributed by atoms with Crippen molar-refractivity contribution in [2.45, 2.75) is 73.1 Å². The number of nitrogens with zero attached hydrogens (tertiary/aromatic N) is 4. The summed E-state index contributed by atoms with van der Waals surface area (Å²) in [6, 6.07) is 15.1. The number of likely N-dealkylation sites (tertiary alicyclic amines) is 2. The summed E-state index contributed by atoms with van der Waals surface area (Å²) in [5, 5.41) is 9.18. The number of hydrogen-bond acceptors (Lipinski definition) is 10. The van der Waals surface area contributed by atoms with Crippen molar-refractivity contribution >= 4 is 67.3 Å². The molecular weight excluding hydrogens is 797 g/mol. The Labute approximate surface area is 362 Å². The molecule has 6 heterocycles. The molecule has 2 aromatic carbocycles. The molecule has 2 saturated heterocycles. The van der Waals surface area contributed by atoms with Gasteiger partial charge in [-0.05, 0) is 74.6 Å². The van der Waals surface area contributed by atoms with E-state index in [9.17, 15) is 19.2 Å². The summed E-state index contributed by atoms with van der Waals surface area (Å²) in [5.41, 5.74) is 9.32. The Hall–Kier alpha value is -5.38. The van der Waals surface area contributed by atoms with E-state index in [4.69, 9.17) is 0 Å². The summed E-state index contributed by atoms with van der Waals surface area (Å²) in [6.07, 6.45) is 12.8. The van der Waals surface area contributed by atoms with Crippen molar-refractivity contribution in [2.24, 2.45) is 0 Å². The average molecular weight is 859 g/mol. The number of ether oxygens (including phenoxy) is 1. The number of carbonyl (C=O) groups excluding carboxylic acids is 4. The van der Waals surface area contributed by atoms with E-state index >= 15 is 0 Å².